The molecule has 7 nitrogen and oxygen atoms in total. The van der Waals surface area contributed by atoms with Gasteiger partial charge in [0.15, 0.2) is 6.10 Å². The Morgan fingerprint density at radius 2 is 1.71 bits per heavy atom. The fraction of sp³-hybridized carbons (Fsp3) is 0.167. The third-order valence-electron chi connectivity index (χ3n) is 3.51. The Kier molecular flexibility index (Phi) is 6.24. The lowest BCUT2D eigenvalue weighted by Gasteiger charge is -2.17. The molecule has 0 saturated heterocycles. The van der Waals surface area contributed by atoms with Gasteiger partial charge in [0.2, 0.25) is 0 Å². The smallest absolute Gasteiger partial charge is 0.418 e. The third-order valence-corrected chi connectivity index (χ3v) is 3.51. The van der Waals surface area contributed by atoms with Crippen LogP contribution in [0.5, 0.6) is 0 Å². The highest BCUT2D eigenvalue weighted by Gasteiger charge is 2.34. The van der Waals surface area contributed by atoms with Crippen molar-refractivity contribution in [2.75, 3.05) is 10.6 Å². The van der Waals surface area contributed by atoms with E-state index in [2.05, 4.69) is 10.6 Å². The number of halogens is 3. The number of hydrogen-bond acceptors (Lipinski definition) is 4. The molecule has 0 aromatic heterocycles. The second kappa shape index (κ2) is 8.42. The van der Waals surface area contributed by atoms with E-state index in [0.717, 1.165) is 12.1 Å². The van der Waals surface area contributed by atoms with Gasteiger partial charge in [-0.3, -0.25) is 4.79 Å². The Labute approximate surface area is 157 Å². The number of para-hydroxylation sites is 1. The van der Waals surface area contributed by atoms with Gasteiger partial charge in [-0.05, 0) is 37.3 Å². The molecule has 28 heavy (non-hydrogen) atoms. The van der Waals surface area contributed by atoms with Crippen LogP contribution in [0, 0.1) is 0 Å². The standard InChI is InChI=1S/C18H16F3N3O4/c1-10(15(25)24-14-8-3-2-7-13(14)18(19,20)21)28-16(26)11-5-4-6-12(9-11)23-17(22)27/h2-10H,1H3,(H,24,25)(H3,22,23,27)/t10-/m0/s1. The molecular weight excluding hydrogens is 379 g/mol. The van der Waals surface area contributed by atoms with Crippen molar-refractivity contribution in [1.29, 1.82) is 0 Å². The fourth-order valence-electron chi connectivity index (χ4n) is 2.22. The Morgan fingerprint density at radius 1 is 1.04 bits per heavy atom. The predicted octanol–water partition coefficient (Wildman–Crippen LogP) is 3.38. The summed E-state index contributed by atoms with van der Waals surface area (Å²) in [5, 5.41) is 4.38. The van der Waals surface area contributed by atoms with Crippen LogP contribution in [0.25, 0.3) is 0 Å². The molecule has 0 spiro atoms. The van der Waals surface area contributed by atoms with Crippen LogP contribution >= 0.6 is 0 Å². The first-order chi connectivity index (χ1) is 13.1. The number of alkyl halides is 3. The van der Waals surface area contributed by atoms with Crippen molar-refractivity contribution in [3.8, 4) is 0 Å². The molecule has 3 amide bonds. The van der Waals surface area contributed by atoms with Crippen LogP contribution < -0.4 is 16.4 Å². The van der Waals surface area contributed by atoms with Crippen molar-refractivity contribution in [1.82, 2.24) is 0 Å². The van der Waals surface area contributed by atoms with Crippen LogP contribution in [-0.4, -0.2) is 24.0 Å². The van der Waals surface area contributed by atoms with Crippen molar-refractivity contribution >= 4 is 29.3 Å². The van der Waals surface area contributed by atoms with Crippen molar-refractivity contribution in [3.05, 3.63) is 59.7 Å². The highest BCUT2D eigenvalue weighted by Crippen LogP contribution is 2.34. The van der Waals surface area contributed by atoms with Crippen molar-refractivity contribution < 1.29 is 32.3 Å². The monoisotopic (exact) mass is 395 g/mol. The number of primary amides is 1. The summed E-state index contributed by atoms with van der Waals surface area (Å²) < 4.78 is 43.9. The van der Waals surface area contributed by atoms with Gasteiger partial charge in [0.1, 0.15) is 0 Å². The van der Waals surface area contributed by atoms with E-state index in [0.29, 0.717) is 0 Å². The molecule has 0 heterocycles. The van der Waals surface area contributed by atoms with Crippen LogP contribution in [0.15, 0.2) is 48.5 Å². The summed E-state index contributed by atoms with van der Waals surface area (Å²) in [4.78, 5) is 35.1. The van der Waals surface area contributed by atoms with Crippen LogP contribution in [0.3, 0.4) is 0 Å². The van der Waals surface area contributed by atoms with Crippen LogP contribution in [-0.2, 0) is 15.7 Å². The molecule has 0 fully saturated rings. The fourth-order valence-corrected chi connectivity index (χ4v) is 2.22. The first-order valence-corrected chi connectivity index (χ1v) is 7.92. The summed E-state index contributed by atoms with van der Waals surface area (Å²) >= 11 is 0. The SMILES string of the molecule is C[C@H](OC(=O)c1cccc(NC(N)=O)c1)C(=O)Nc1ccccc1C(F)(F)F. The van der Waals surface area contributed by atoms with E-state index < -0.39 is 41.4 Å². The summed E-state index contributed by atoms with van der Waals surface area (Å²) in [6.45, 7) is 1.22. The van der Waals surface area contributed by atoms with Gasteiger partial charge in [-0.1, -0.05) is 18.2 Å². The molecule has 0 aliphatic rings. The Bertz CT molecular complexity index is 900. The van der Waals surface area contributed by atoms with E-state index in [1.165, 1.54) is 43.3 Å². The molecule has 1 atom stereocenters. The normalized spacial score (nSPS) is 12.0. The van der Waals surface area contributed by atoms with Crippen LogP contribution in [0.1, 0.15) is 22.8 Å². The van der Waals surface area contributed by atoms with E-state index in [1.807, 2.05) is 0 Å². The Morgan fingerprint density at radius 3 is 2.36 bits per heavy atom. The van der Waals surface area contributed by atoms with E-state index in [-0.39, 0.29) is 11.3 Å². The summed E-state index contributed by atoms with van der Waals surface area (Å²) in [6.07, 6.45) is -6.03. The van der Waals surface area contributed by atoms with Crippen molar-refractivity contribution in [2.24, 2.45) is 5.73 Å². The van der Waals surface area contributed by atoms with Gasteiger partial charge >= 0.3 is 18.2 Å². The average molecular weight is 395 g/mol. The number of ether oxygens (including phenoxy) is 1. The van der Waals surface area contributed by atoms with Crippen molar-refractivity contribution in [2.45, 2.75) is 19.2 Å². The first kappa shape index (κ1) is 20.7. The number of nitrogens with two attached hydrogens (primary N) is 1. The minimum atomic E-state index is -4.66. The summed E-state index contributed by atoms with van der Waals surface area (Å²) in [5.41, 5.74) is 3.77. The molecule has 10 heteroatoms. The number of nitrogens with one attached hydrogen (secondary N) is 2. The molecule has 2 aromatic rings. The van der Waals surface area contributed by atoms with Gasteiger partial charge in [0.25, 0.3) is 5.91 Å². The Balaban J connectivity index is 2.07. The zero-order valence-electron chi connectivity index (χ0n) is 14.5. The van der Waals surface area contributed by atoms with Crippen molar-refractivity contribution in [3.63, 3.8) is 0 Å². The molecule has 0 unspecified atom stereocenters. The highest BCUT2D eigenvalue weighted by atomic mass is 19.4. The molecule has 2 rings (SSSR count). The van der Waals surface area contributed by atoms with E-state index in [4.69, 9.17) is 10.5 Å². The summed E-state index contributed by atoms with van der Waals surface area (Å²) in [7, 11) is 0. The predicted molar refractivity (Wildman–Crippen MR) is 94.6 cm³/mol. The second-order valence-electron chi connectivity index (χ2n) is 5.65. The number of carbonyl (C=O) groups is 3. The lowest BCUT2D eigenvalue weighted by molar-refractivity contribution is -0.137. The molecule has 0 aliphatic carbocycles. The maximum absolute atomic E-state index is 13.0. The number of carbonyl (C=O) groups excluding carboxylic acids is 3. The summed E-state index contributed by atoms with van der Waals surface area (Å²) in [6, 6.07) is 9.18. The summed E-state index contributed by atoms with van der Waals surface area (Å²) in [5.74, 6) is -1.84. The maximum atomic E-state index is 13.0. The third kappa shape index (κ3) is 5.47. The number of amides is 3. The van der Waals surface area contributed by atoms with E-state index >= 15 is 0 Å². The Hall–Kier alpha value is -3.56. The second-order valence-corrected chi connectivity index (χ2v) is 5.65. The van der Waals surface area contributed by atoms with Gasteiger partial charge in [0.05, 0.1) is 16.8 Å². The molecule has 0 bridgehead atoms. The van der Waals surface area contributed by atoms with Crippen LogP contribution in [0.4, 0.5) is 29.3 Å². The topological polar surface area (TPSA) is 111 Å². The van der Waals surface area contributed by atoms with Gasteiger partial charge in [-0.25, -0.2) is 9.59 Å². The average Bonchev–Trinajstić information content (AvgIpc) is 2.60. The number of esters is 1. The first-order valence-electron chi connectivity index (χ1n) is 7.92. The van der Waals surface area contributed by atoms with E-state index in [1.54, 1.807) is 0 Å². The number of benzene rings is 2. The molecule has 148 valence electrons. The van der Waals surface area contributed by atoms with Gasteiger partial charge in [0, 0.05) is 5.69 Å². The zero-order valence-corrected chi connectivity index (χ0v) is 14.5. The number of hydrogen-bond donors (Lipinski definition) is 3. The van der Waals surface area contributed by atoms with Gasteiger partial charge in [-0.15, -0.1) is 0 Å². The number of anilines is 2. The van der Waals surface area contributed by atoms with Gasteiger partial charge < -0.3 is 21.1 Å². The molecule has 4 N–H and O–H groups in total. The number of urea groups is 1. The molecule has 0 saturated carbocycles. The highest BCUT2D eigenvalue weighted by molar-refractivity contribution is 5.98. The zero-order chi connectivity index (χ0) is 20.9. The maximum Gasteiger partial charge on any atom is 0.418 e. The lowest BCUT2D eigenvalue weighted by Crippen LogP contribution is -2.30. The van der Waals surface area contributed by atoms with E-state index in [9.17, 15) is 27.6 Å². The molecule has 0 aliphatic heterocycles. The molecule has 2 aromatic carbocycles. The lowest BCUT2D eigenvalue weighted by atomic mass is 10.1. The minimum Gasteiger partial charge on any atom is -0.449 e. The van der Waals surface area contributed by atoms with Gasteiger partial charge in [-0.2, -0.15) is 13.2 Å². The number of rotatable bonds is 5. The minimum absolute atomic E-state index is 0.0154. The largest absolute Gasteiger partial charge is 0.449 e. The molecule has 0 radical (unpaired) electrons. The van der Waals surface area contributed by atoms with Crippen LogP contribution in [0.2, 0.25) is 0 Å². The molecular formula is C18H16F3N3O4. The quantitative estimate of drug-likeness (QED) is 0.674.